The maximum atomic E-state index is 13.0. The van der Waals surface area contributed by atoms with Crippen LogP contribution in [0.15, 0.2) is 29.3 Å². The topological polar surface area (TPSA) is 143 Å². The van der Waals surface area contributed by atoms with Gasteiger partial charge in [-0.2, -0.15) is 5.26 Å². The highest BCUT2D eigenvalue weighted by Crippen LogP contribution is 2.33. The number of aryl methyl sites for hydroxylation is 2. The van der Waals surface area contributed by atoms with Crippen LogP contribution in [0.5, 0.6) is 5.75 Å². The number of nitriles is 1. The average molecular weight is 471 g/mol. The van der Waals surface area contributed by atoms with Crippen LogP contribution in [0.3, 0.4) is 0 Å². The van der Waals surface area contributed by atoms with Crippen molar-refractivity contribution in [3.8, 4) is 23.7 Å². The lowest BCUT2D eigenvalue weighted by atomic mass is 10.1. The van der Waals surface area contributed by atoms with E-state index in [-0.39, 0.29) is 28.9 Å². The summed E-state index contributed by atoms with van der Waals surface area (Å²) in [6, 6.07) is 5.91. The van der Waals surface area contributed by atoms with E-state index in [1.54, 1.807) is 19.1 Å². The van der Waals surface area contributed by atoms with E-state index in [4.69, 9.17) is 9.47 Å². The zero-order valence-corrected chi connectivity index (χ0v) is 18.8. The summed E-state index contributed by atoms with van der Waals surface area (Å²) in [5.41, 5.74) is 1.55. The molecule has 3 heterocycles. The number of nitrogens with zero attached hydrogens (tertiary/aromatic N) is 2. The summed E-state index contributed by atoms with van der Waals surface area (Å²) in [6.45, 7) is 2.51. The summed E-state index contributed by atoms with van der Waals surface area (Å²) in [5.74, 6) is 4.78. The maximum Gasteiger partial charge on any atom is 0.276 e. The van der Waals surface area contributed by atoms with Crippen molar-refractivity contribution in [1.29, 1.82) is 5.26 Å². The molecule has 2 aliphatic heterocycles. The Bertz CT molecular complexity index is 1310. The van der Waals surface area contributed by atoms with Crippen LogP contribution in [0.25, 0.3) is 0 Å². The number of fused-ring (bicyclic) bond motifs is 1. The van der Waals surface area contributed by atoms with E-state index in [1.807, 2.05) is 0 Å². The fourth-order valence-electron chi connectivity index (χ4n) is 3.43. The van der Waals surface area contributed by atoms with Crippen LogP contribution in [0, 0.1) is 36.0 Å². The van der Waals surface area contributed by atoms with Gasteiger partial charge in [-0.1, -0.05) is 17.9 Å². The van der Waals surface area contributed by atoms with E-state index >= 15 is 0 Å². The largest absolute Gasteiger partial charge is 0.488 e. The molecule has 33 heavy (non-hydrogen) atoms. The van der Waals surface area contributed by atoms with Gasteiger partial charge in [-0.25, -0.2) is 13.1 Å². The molecular formula is C22H22N4O6S. The van der Waals surface area contributed by atoms with Crippen molar-refractivity contribution in [2.75, 3.05) is 25.1 Å². The van der Waals surface area contributed by atoms with E-state index in [0.29, 0.717) is 24.5 Å². The number of anilines is 1. The predicted octanol–water partition coefficient (Wildman–Crippen LogP) is 0.508. The second-order valence-corrected chi connectivity index (χ2v) is 9.57. The average Bonchev–Trinajstić information content (AvgIpc) is 3.01. The molecule has 1 aromatic carbocycles. The minimum Gasteiger partial charge on any atom is -0.488 e. The number of amides is 1. The number of rotatable bonds is 3. The molecule has 1 saturated heterocycles. The smallest absolute Gasteiger partial charge is 0.276 e. The molecule has 1 amide bonds. The lowest BCUT2D eigenvalue weighted by molar-refractivity contribution is -0.00323. The minimum absolute atomic E-state index is 0.0118. The Morgan fingerprint density at radius 3 is 2.79 bits per heavy atom. The van der Waals surface area contributed by atoms with Gasteiger partial charge in [-0.3, -0.25) is 4.79 Å². The fraction of sp³-hybridized carbons (Fsp3) is 0.364. The van der Waals surface area contributed by atoms with Crippen LogP contribution in [0.2, 0.25) is 0 Å². The number of sulfonamides is 1. The Labute approximate surface area is 191 Å². The Hall–Kier alpha value is -3.35. The third kappa shape index (κ3) is 4.58. The van der Waals surface area contributed by atoms with Crippen molar-refractivity contribution in [3.05, 3.63) is 41.2 Å². The van der Waals surface area contributed by atoms with Gasteiger partial charge in [0.25, 0.3) is 5.91 Å². The van der Waals surface area contributed by atoms with Gasteiger partial charge in [0.2, 0.25) is 10.0 Å². The molecule has 1 fully saturated rings. The van der Waals surface area contributed by atoms with Gasteiger partial charge >= 0.3 is 0 Å². The zero-order chi connectivity index (χ0) is 23.8. The van der Waals surface area contributed by atoms with Crippen LogP contribution in [-0.2, 0) is 21.8 Å². The van der Waals surface area contributed by atoms with E-state index in [9.17, 15) is 23.6 Å². The Kier molecular flexibility index (Phi) is 6.15. The Balaban J connectivity index is 1.59. The molecule has 0 aliphatic carbocycles. The quantitative estimate of drug-likeness (QED) is 0.555. The molecule has 2 aliphatic rings. The van der Waals surface area contributed by atoms with Crippen molar-refractivity contribution in [3.63, 3.8) is 0 Å². The first-order valence-electron chi connectivity index (χ1n) is 10.1. The molecule has 172 valence electrons. The number of aromatic nitrogens is 1. The Morgan fingerprint density at radius 1 is 1.36 bits per heavy atom. The summed E-state index contributed by atoms with van der Waals surface area (Å²) < 4.78 is 40.4. The monoisotopic (exact) mass is 470 g/mol. The van der Waals surface area contributed by atoms with E-state index < -0.39 is 28.1 Å². The second kappa shape index (κ2) is 8.89. The molecule has 2 aromatic rings. The van der Waals surface area contributed by atoms with Crippen molar-refractivity contribution < 1.29 is 27.8 Å². The molecular weight excluding hydrogens is 448 g/mol. The van der Waals surface area contributed by atoms with E-state index in [1.165, 1.54) is 23.9 Å². The first kappa shape index (κ1) is 22.8. The van der Waals surface area contributed by atoms with Gasteiger partial charge in [0.1, 0.15) is 17.6 Å². The fourth-order valence-corrected chi connectivity index (χ4v) is 4.85. The second-order valence-electron chi connectivity index (χ2n) is 7.88. The number of carbonyl (C=O) groups excluding carboxylic acids is 1. The number of hydrogen-bond acceptors (Lipinski definition) is 7. The molecule has 1 aromatic heterocycles. The molecule has 0 unspecified atom stereocenters. The molecule has 0 saturated carbocycles. The van der Waals surface area contributed by atoms with Gasteiger partial charge < -0.3 is 24.5 Å². The highest BCUT2D eigenvalue weighted by Gasteiger charge is 2.36. The normalized spacial score (nSPS) is 20.0. The third-order valence-electron chi connectivity index (χ3n) is 5.39. The van der Waals surface area contributed by atoms with Crippen LogP contribution in [0.4, 0.5) is 5.69 Å². The summed E-state index contributed by atoms with van der Waals surface area (Å²) in [5, 5.41) is 22.3. The first-order chi connectivity index (χ1) is 15.7. The highest BCUT2D eigenvalue weighted by atomic mass is 32.2. The summed E-state index contributed by atoms with van der Waals surface area (Å²) in [4.78, 5) is 12.8. The van der Waals surface area contributed by atoms with Crippen molar-refractivity contribution in [2.45, 2.75) is 24.0 Å². The van der Waals surface area contributed by atoms with Crippen LogP contribution in [0.1, 0.15) is 21.6 Å². The lowest BCUT2D eigenvalue weighted by Gasteiger charge is -2.21. The number of carbonyl (C=O) groups is 1. The lowest BCUT2D eigenvalue weighted by Crippen LogP contribution is -2.45. The Morgan fingerprint density at radius 2 is 2.12 bits per heavy atom. The summed E-state index contributed by atoms with van der Waals surface area (Å²) in [6.07, 6.45) is -0.0263. The molecule has 2 atom stereocenters. The molecule has 0 bridgehead atoms. The molecule has 0 spiro atoms. The number of aliphatic hydroxyl groups is 1. The number of nitrogens with one attached hydrogen (secondary N) is 2. The van der Waals surface area contributed by atoms with Crippen molar-refractivity contribution in [1.82, 2.24) is 9.29 Å². The highest BCUT2D eigenvalue weighted by molar-refractivity contribution is 7.89. The van der Waals surface area contributed by atoms with Crippen LogP contribution < -0.4 is 14.8 Å². The zero-order valence-electron chi connectivity index (χ0n) is 18.0. The number of aliphatic hydroxyl groups excluding tert-OH is 1. The minimum atomic E-state index is -4.10. The molecule has 0 radical (unpaired) electrons. The van der Waals surface area contributed by atoms with Gasteiger partial charge in [0.05, 0.1) is 36.8 Å². The van der Waals surface area contributed by atoms with Crippen molar-refractivity contribution in [2.24, 2.45) is 13.0 Å². The third-order valence-corrected chi connectivity index (χ3v) is 6.87. The van der Waals surface area contributed by atoms with Crippen LogP contribution in [-0.4, -0.2) is 56.0 Å². The van der Waals surface area contributed by atoms with Gasteiger partial charge in [0.15, 0.2) is 11.4 Å². The first-order valence-corrected chi connectivity index (χ1v) is 11.6. The predicted molar refractivity (Wildman–Crippen MR) is 117 cm³/mol. The SMILES string of the molecule is Cc1ccc(NC(=O)c2c3c(cn2C)S(=O)(=O)N[C@@H]([C@H](O)C#CC2COC2)CO3)cc1C#N. The van der Waals surface area contributed by atoms with Gasteiger partial charge in [-0.05, 0) is 24.6 Å². The van der Waals surface area contributed by atoms with Crippen LogP contribution >= 0.6 is 0 Å². The van der Waals surface area contributed by atoms with Gasteiger partial charge in [-0.15, -0.1) is 0 Å². The number of benzene rings is 1. The maximum absolute atomic E-state index is 13.0. The summed E-state index contributed by atoms with van der Waals surface area (Å²) >= 11 is 0. The molecule has 11 heteroatoms. The number of hydrogen-bond donors (Lipinski definition) is 3. The molecule has 10 nitrogen and oxygen atoms in total. The number of ether oxygens (including phenoxy) is 2. The standard InChI is InChI=1S/C22H22N4O6S/c1-13-3-5-16(7-15(13)8-23)24-22(28)20-21-19(9-26(20)2)33(29,30)25-17(12-32-21)18(27)6-4-14-10-31-11-14/h3,5,7,9,14,17-18,25,27H,10-12H2,1-2H3,(H,24,28)/t17-,18-/m1/s1. The van der Waals surface area contributed by atoms with E-state index in [2.05, 4.69) is 27.9 Å². The summed E-state index contributed by atoms with van der Waals surface area (Å²) in [7, 11) is -2.57. The molecule has 3 N–H and O–H groups in total. The molecule has 4 rings (SSSR count). The van der Waals surface area contributed by atoms with E-state index in [0.717, 1.165) is 5.56 Å². The van der Waals surface area contributed by atoms with Crippen molar-refractivity contribution >= 4 is 21.6 Å². The van der Waals surface area contributed by atoms with Gasteiger partial charge in [0, 0.05) is 18.9 Å².